The van der Waals surface area contributed by atoms with Gasteiger partial charge in [0.1, 0.15) is 12.7 Å². The van der Waals surface area contributed by atoms with Gasteiger partial charge in [0.2, 0.25) is 0 Å². The van der Waals surface area contributed by atoms with Crippen molar-refractivity contribution >= 4 is 5.97 Å². The number of hydrogen-bond acceptors (Lipinski definition) is 3. The lowest BCUT2D eigenvalue weighted by atomic mass is 10.5. The van der Waals surface area contributed by atoms with E-state index in [0.717, 1.165) is 6.61 Å². The van der Waals surface area contributed by atoms with Gasteiger partial charge in [-0.2, -0.15) is 0 Å². The van der Waals surface area contributed by atoms with Crippen LogP contribution in [0.4, 0.5) is 0 Å². The van der Waals surface area contributed by atoms with Gasteiger partial charge in [0.05, 0.1) is 6.61 Å². The molecule has 0 N–H and O–H groups in total. The van der Waals surface area contributed by atoms with Crippen molar-refractivity contribution in [3.05, 3.63) is 0 Å². The standard InChI is InChI=1S/C5H8O3.CH4/c1-4(6)7-2-5-3-8-5;/h5H,2-3H2,1H3;1H4. The molecular weight excluding hydrogens is 120 g/mol. The van der Waals surface area contributed by atoms with Gasteiger partial charge in [-0.3, -0.25) is 4.79 Å². The first-order chi connectivity index (χ1) is 3.79. The Bertz CT molecular complexity index is 96.5. The lowest BCUT2D eigenvalue weighted by Crippen LogP contribution is -2.05. The van der Waals surface area contributed by atoms with Gasteiger partial charge in [-0.05, 0) is 0 Å². The van der Waals surface area contributed by atoms with Gasteiger partial charge < -0.3 is 9.47 Å². The Morgan fingerprint density at radius 2 is 2.44 bits per heavy atom. The van der Waals surface area contributed by atoms with Crippen LogP contribution in [0.5, 0.6) is 0 Å². The SMILES string of the molecule is C.CC(=O)OCC1CO1. The van der Waals surface area contributed by atoms with E-state index in [0.29, 0.717) is 6.61 Å². The molecule has 3 nitrogen and oxygen atoms in total. The molecule has 1 fully saturated rings. The van der Waals surface area contributed by atoms with Crippen LogP contribution in [-0.2, 0) is 14.3 Å². The molecule has 0 amide bonds. The second kappa shape index (κ2) is 3.45. The Morgan fingerprint density at radius 1 is 1.89 bits per heavy atom. The van der Waals surface area contributed by atoms with Gasteiger partial charge in [0.25, 0.3) is 0 Å². The number of epoxide rings is 1. The van der Waals surface area contributed by atoms with Crippen molar-refractivity contribution in [2.45, 2.75) is 20.5 Å². The molecule has 0 spiro atoms. The third-order valence-corrected chi connectivity index (χ3v) is 0.875. The van der Waals surface area contributed by atoms with Gasteiger partial charge in [0.15, 0.2) is 0 Å². The van der Waals surface area contributed by atoms with Crippen molar-refractivity contribution in [3.63, 3.8) is 0 Å². The zero-order valence-electron chi connectivity index (χ0n) is 4.72. The summed E-state index contributed by atoms with van der Waals surface area (Å²) in [5.41, 5.74) is 0. The summed E-state index contributed by atoms with van der Waals surface area (Å²) in [7, 11) is 0. The second-order valence-corrected chi connectivity index (χ2v) is 1.76. The van der Waals surface area contributed by atoms with E-state index in [2.05, 4.69) is 4.74 Å². The van der Waals surface area contributed by atoms with E-state index >= 15 is 0 Å². The lowest BCUT2D eigenvalue weighted by Gasteiger charge is -1.93. The number of ether oxygens (including phenoxy) is 2. The highest BCUT2D eigenvalue weighted by atomic mass is 16.6. The van der Waals surface area contributed by atoms with E-state index < -0.39 is 0 Å². The van der Waals surface area contributed by atoms with Crippen molar-refractivity contribution in [1.29, 1.82) is 0 Å². The molecule has 0 aromatic rings. The summed E-state index contributed by atoms with van der Waals surface area (Å²) >= 11 is 0. The summed E-state index contributed by atoms with van der Waals surface area (Å²) in [6.45, 7) is 2.56. The third kappa shape index (κ3) is 3.97. The highest BCUT2D eigenvalue weighted by Gasteiger charge is 2.23. The van der Waals surface area contributed by atoms with Crippen LogP contribution in [0, 0.1) is 0 Å². The van der Waals surface area contributed by atoms with Crippen LogP contribution in [0.2, 0.25) is 0 Å². The van der Waals surface area contributed by atoms with Crippen molar-refractivity contribution in [2.24, 2.45) is 0 Å². The maximum Gasteiger partial charge on any atom is 0.302 e. The summed E-state index contributed by atoms with van der Waals surface area (Å²) in [6, 6.07) is 0. The van der Waals surface area contributed by atoms with E-state index in [-0.39, 0.29) is 19.5 Å². The topological polar surface area (TPSA) is 38.8 Å². The van der Waals surface area contributed by atoms with Crippen LogP contribution in [0.15, 0.2) is 0 Å². The zero-order valence-corrected chi connectivity index (χ0v) is 4.72. The summed E-state index contributed by atoms with van der Waals surface area (Å²) < 4.78 is 9.38. The van der Waals surface area contributed by atoms with Crippen molar-refractivity contribution in [3.8, 4) is 0 Å². The molecule has 1 unspecified atom stereocenters. The first-order valence-corrected chi connectivity index (χ1v) is 2.54. The lowest BCUT2D eigenvalue weighted by molar-refractivity contribution is -0.141. The molecule has 0 aromatic heterocycles. The number of carbonyl (C=O) groups excluding carboxylic acids is 1. The first kappa shape index (κ1) is 8.43. The minimum atomic E-state index is -0.236. The van der Waals surface area contributed by atoms with Gasteiger partial charge in [0, 0.05) is 6.92 Å². The highest BCUT2D eigenvalue weighted by molar-refractivity contribution is 5.65. The minimum absolute atomic E-state index is 0. The average molecular weight is 132 g/mol. The molecule has 9 heavy (non-hydrogen) atoms. The molecule has 1 aliphatic heterocycles. The number of hydrogen-bond donors (Lipinski definition) is 0. The van der Waals surface area contributed by atoms with E-state index in [1.807, 2.05) is 0 Å². The monoisotopic (exact) mass is 132 g/mol. The Morgan fingerprint density at radius 3 is 2.78 bits per heavy atom. The summed E-state index contributed by atoms with van der Waals surface area (Å²) in [5, 5.41) is 0. The maximum absolute atomic E-state index is 10.1. The summed E-state index contributed by atoms with van der Waals surface area (Å²) in [4.78, 5) is 10.1. The van der Waals surface area contributed by atoms with Crippen LogP contribution in [0.25, 0.3) is 0 Å². The molecule has 0 radical (unpaired) electrons. The van der Waals surface area contributed by atoms with E-state index in [9.17, 15) is 4.79 Å². The van der Waals surface area contributed by atoms with Crippen LogP contribution in [0.3, 0.4) is 0 Å². The van der Waals surface area contributed by atoms with Crippen LogP contribution >= 0.6 is 0 Å². The summed E-state index contributed by atoms with van der Waals surface area (Å²) in [5.74, 6) is -0.236. The smallest absolute Gasteiger partial charge is 0.302 e. The van der Waals surface area contributed by atoms with Gasteiger partial charge in [-0.15, -0.1) is 0 Å². The Balaban J connectivity index is 0.000000640. The quantitative estimate of drug-likeness (QED) is 0.407. The Labute approximate surface area is 55.0 Å². The number of esters is 1. The molecule has 1 heterocycles. The molecule has 1 atom stereocenters. The van der Waals surface area contributed by atoms with Crippen molar-refractivity contribution in [2.75, 3.05) is 13.2 Å². The van der Waals surface area contributed by atoms with Crippen LogP contribution < -0.4 is 0 Å². The second-order valence-electron chi connectivity index (χ2n) is 1.76. The van der Waals surface area contributed by atoms with Crippen molar-refractivity contribution in [1.82, 2.24) is 0 Å². The number of carbonyl (C=O) groups is 1. The molecule has 0 aliphatic carbocycles. The summed E-state index contributed by atoms with van der Waals surface area (Å²) in [6.07, 6.45) is 0.193. The zero-order chi connectivity index (χ0) is 5.98. The van der Waals surface area contributed by atoms with Gasteiger partial charge >= 0.3 is 5.97 Å². The molecule has 54 valence electrons. The Hall–Kier alpha value is -0.570. The predicted octanol–water partition coefficient (Wildman–Crippen LogP) is 0.584. The molecule has 0 bridgehead atoms. The largest absolute Gasteiger partial charge is 0.463 e. The highest BCUT2D eigenvalue weighted by Crippen LogP contribution is 2.07. The molecule has 0 saturated carbocycles. The minimum Gasteiger partial charge on any atom is -0.463 e. The van der Waals surface area contributed by atoms with E-state index in [4.69, 9.17) is 4.74 Å². The maximum atomic E-state index is 10.1. The van der Waals surface area contributed by atoms with Crippen LogP contribution in [-0.4, -0.2) is 25.3 Å². The third-order valence-electron chi connectivity index (χ3n) is 0.875. The fourth-order valence-corrected chi connectivity index (χ4v) is 0.375. The van der Waals surface area contributed by atoms with Crippen molar-refractivity contribution < 1.29 is 14.3 Å². The van der Waals surface area contributed by atoms with E-state index in [1.54, 1.807) is 0 Å². The average Bonchev–Trinajstić information content (AvgIpc) is 2.41. The van der Waals surface area contributed by atoms with Gasteiger partial charge in [-0.25, -0.2) is 0 Å². The Kier molecular flexibility index (Phi) is 3.24. The van der Waals surface area contributed by atoms with E-state index in [1.165, 1.54) is 6.92 Å². The number of rotatable bonds is 2. The molecule has 1 rings (SSSR count). The molecule has 0 aromatic carbocycles. The predicted molar refractivity (Wildman–Crippen MR) is 33.1 cm³/mol. The molecule has 1 aliphatic rings. The fourth-order valence-electron chi connectivity index (χ4n) is 0.375. The molecule has 1 saturated heterocycles. The normalized spacial score (nSPS) is 22.1. The molecule has 3 heteroatoms. The van der Waals surface area contributed by atoms with Crippen LogP contribution in [0.1, 0.15) is 14.4 Å². The molecular formula is C6H12O3. The van der Waals surface area contributed by atoms with Gasteiger partial charge in [-0.1, -0.05) is 7.43 Å². The fraction of sp³-hybridized carbons (Fsp3) is 0.833. The first-order valence-electron chi connectivity index (χ1n) is 2.54.